The zero-order valence-corrected chi connectivity index (χ0v) is 30.6. The van der Waals surface area contributed by atoms with Crippen molar-refractivity contribution in [1.82, 2.24) is 4.90 Å². The number of hydrogen-bond acceptors (Lipinski definition) is 13. The van der Waals surface area contributed by atoms with Crippen molar-refractivity contribution in [3.8, 4) is 0 Å². The highest BCUT2D eigenvalue weighted by Crippen LogP contribution is 2.43. The number of aliphatic hydroxyl groups is 3. The fourth-order valence-corrected chi connectivity index (χ4v) is 7.89. The molecule has 48 heavy (non-hydrogen) atoms. The molecular formula is C35H61NO12. The van der Waals surface area contributed by atoms with Crippen LogP contribution >= 0.6 is 0 Å². The first-order valence-corrected chi connectivity index (χ1v) is 17.7. The predicted octanol–water partition coefficient (Wildman–Crippen LogP) is 1.91. The number of esters is 1. The molecule has 1 spiro atoms. The number of cyclic esters (lactones) is 1. The van der Waals surface area contributed by atoms with Gasteiger partial charge < -0.3 is 53.4 Å². The topological polar surface area (TPSA) is 166 Å². The summed E-state index contributed by atoms with van der Waals surface area (Å²) in [5.74, 6) is -3.74. The van der Waals surface area contributed by atoms with E-state index >= 15 is 0 Å². The van der Waals surface area contributed by atoms with Gasteiger partial charge in [0.25, 0.3) is 0 Å². The van der Waals surface area contributed by atoms with Gasteiger partial charge in [0, 0.05) is 37.3 Å². The lowest BCUT2D eigenvalue weighted by Gasteiger charge is -2.46. The van der Waals surface area contributed by atoms with Gasteiger partial charge in [-0.05, 0) is 60.5 Å². The van der Waals surface area contributed by atoms with Crippen molar-refractivity contribution in [2.45, 2.75) is 154 Å². The van der Waals surface area contributed by atoms with Gasteiger partial charge >= 0.3 is 5.97 Å². The van der Waals surface area contributed by atoms with Crippen molar-refractivity contribution in [2.75, 3.05) is 27.8 Å². The van der Waals surface area contributed by atoms with E-state index in [9.17, 15) is 24.9 Å². The Bertz CT molecular complexity index is 1090. The standard InChI is InChI=1S/C35H61NO12/c1-16-14-35(15-43-35)32(40)19(4)27(37)18(3)22(7)46-33(41)21(6)31(47-26-13-25(42-11)28(38)23(8)45-26)20(5)30(16)48-34-29(39)24(36(9)10)12-17(2)44-34/h16-31,34,37-39H,12-15H2,1-11H3/t16-,17+,18-,19-,20-,21-,22+,23+,24-,25+,26-,27-,28-,29-,30-,31-,34-,35+/m0/s1. The van der Waals surface area contributed by atoms with Crippen LogP contribution in [0.25, 0.3) is 0 Å². The van der Waals surface area contributed by atoms with Crippen LogP contribution in [-0.4, -0.2) is 139 Å². The first-order chi connectivity index (χ1) is 22.4. The third-order valence-corrected chi connectivity index (χ3v) is 11.4. The second-order valence-electron chi connectivity index (χ2n) is 15.3. The number of epoxide rings is 1. The lowest BCUT2D eigenvalue weighted by Crippen LogP contribution is -2.57. The lowest BCUT2D eigenvalue weighted by atomic mass is 9.76. The molecule has 0 unspecified atom stereocenters. The molecule has 0 amide bonds. The van der Waals surface area contributed by atoms with Gasteiger partial charge in [-0.15, -0.1) is 0 Å². The third-order valence-electron chi connectivity index (χ3n) is 11.4. The maximum absolute atomic E-state index is 13.9. The van der Waals surface area contributed by atoms with E-state index in [0.717, 1.165) is 0 Å². The van der Waals surface area contributed by atoms with Crippen molar-refractivity contribution >= 4 is 11.8 Å². The van der Waals surface area contributed by atoms with E-state index in [4.69, 9.17) is 33.2 Å². The zero-order valence-electron chi connectivity index (χ0n) is 30.6. The second-order valence-corrected chi connectivity index (χ2v) is 15.3. The quantitative estimate of drug-likeness (QED) is 0.274. The summed E-state index contributed by atoms with van der Waals surface area (Å²) in [5.41, 5.74) is -1.10. The summed E-state index contributed by atoms with van der Waals surface area (Å²) in [5, 5.41) is 33.3. The fourth-order valence-electron chi connectivity index (χ4n) is 7.89. The highest BCUT2D eigenvalue weighted by molar-refractivity contribution is 5.92. The number of ketones is 1. The zero-order chi connectivity index (χ0) is 35.8. The maximum Gasteiger partial charge on any atom is 0.311 e. The van der Waals surface area contributed by atoms with Crippen LogP contribution in [0.5, 0.6) is 0 Å². The monoisotopic (exact) mass is 687 g/mol. The van der Waals surface area contributed by atoms with Gasteiger partial charge in [0.05, 0.1) is 49.1 Å². The van der Waals surface area contributed by atoms with Crippen molar-refractivity contribution in [2.24, 2.45) is 29.6 Å². The molecule has 0 aromatic heterocycles. The Balaban J connectivity index is 1.75. The Morgan fingerprint density at radius 2 is 1.44 bits per heavy atom. The Morgan fingerprint density at radius 1 is 0.792 bits per heavy atom. The molecule has 4 fully saturated rings. The van der Waals surface area contributed by atoms with Crippen LogP contribution < -0.4 is 0 Å². The molecular weight excluding hydrogens is 626 g/mol. The van der Waals surface area contributed by atoms with Crippen LogP contribution in [0.3, 0.4) is 0 Å². The summed E-state index contributed by atoms with van der Waals surface area (Å²) in [4.78, 5) is 29.7. The molecule has 0 aliphatic carbocycles. The Hall–Kier alpha value is -1.26. The SMILES string of the molecule is CO[C@@H]1C[C@H](O[C@H]2[C@@H](C)[C@@H](O[C@@H]3O[C@H](C)C[C@H](N(C)C)[C@@H]3O)[C@@H](C)C[C@@]3(CO3)C(=O)[C@@H](C)[C@@H](O)[C@@H](C)[C@@H](C)OC(=O)[C@H]2C)O[C@H](C)[C@@H]1O. The summed E-state index contributed by atoms with van der Waals surface area (Å²) in [6.07, 6.45) is -7.15. The van der Waals surface area contributed by atoms with Crippen molar-refractivity contribution in [3.63, 3.8) is 0 Å². The van der Waals surface area contributed by atoms with Crippen LogP contribution in [0.1, 0.15) is 74.7 Å². The van der Waals surface area contributed by atoms with Crippen LogP contribution in [-0.2, 0) is 42.7 Å². The minimum atomic E-state index is -1.10. The molecule has 4 saturated heterocycles. The third kappa shape index (κ3) is 8.43. The van der Waals surface area contributed by atoms with Crippen molar-refractivity contribution in [1.29, 1.82) is 0 Å². The first-order valence-electron chi connectivity index (χ1n) is 17.7. The molecule has 0 bridgehead atoms. The molecule has 0 aromatic carbocycles. The smallest absolute Gasteiger partial charge is 0.311 e. The molecule has 0 saturated carbocycles. The predicted molar refractivity (Wildman–Crippen MR) is 174 cm³/mol. The van der Waals surface area contributed by atoms with Gasteiger partial charge in [0.2, 0.25) is 0 Å². The number of rotatable bonds is 6. The van der Waals surface area contributed by atoms with Gasteiger partial charge in [0.1, 0.15) is 18.3 Å². The fraction of sp³-hybridized carbons (Fsp3) is 0.943. The molecule has 13 heteroatoms. The molecule has 3 N–H and O–H groups in total. The molecule has 278 valence electrons. The summed E-state index contributed by atoms with van der Waals surface area (Å²) < 4.78 is 43.0. The Kier molecular flexibility index (Phi) is 13.1. The number of aliphatic hydroxyl groups excluding tert-OH is 3. The van der Waals surface area contributed by atoms with E-state index in [1.807, 2.05) is 39.8 Å². The Labute approximate surface area is 285 Å². The van der Waals surface area contributed by atoms with Gasteiger partial charge in [-0.3, -0.25) is 9.59 Å². The first kappa shape index (κ1) is 39.5. The summed E-state index contributed by atoms with van der Waals surface area (Å²) in [6.45, 7) is 14.6. The number of hydrogen-bond donors (Lipinski definition) is 3. The average Bonchev–Trinajstić information content (AvgIpc) is 3.82. The molecule has 4 aliphatic heterocycles. The van der Waals surface area contributed by atoms with Gasteiger partial charge in [0.15, 0.2) is 24.0 Å². The van der Waals surface area contributed by atoms with E-state index < -0.39 is 96.7 Å². The van der Waals surface area contributed by atoms with Crippen LogP contribution in [0.2, 0.25) is 0 Å². The minimum absolute atomic E-state index is 0.198. The van der Waals surface area contributed by atoms with E-state index in [2.05, 4.69) is 0 Å². The molecule has 0 radical (unpaired) electrons. The van der Waals surface area contributed by atoms with E-state index in [1.165, 1.54) is 7.11 Å². The normalized spacial score (nSPS) is 49.9. The largest absolute Gasteiger partial charge is 0.462 e. The summed E-state index contributed by atoms with van der Waals surface area (Å²) in [7, 11) is 5.32. The van der Waals surface area contributed by atoms with Crippen LogP contribution in [0.15, 0.2) is 0 Å². The van der Waals surface area contributed by atoms with Crippen molar-refractivity contribution in [3.05, 3.63) is 0 Å². The number of nitrogens with zero attached hydrogens (tertiary/aromatic N) is 1. The van der Waals surface area contributed by atoms with Crippen LogP contribution in [0.4, 0.5) is 0 Å². The summed E-state index contributed by atoms with van der Waals surface area (Å²) in [6, 6.07) is -0.219. The number of likely N-dealkylation sites (N-methyl/N-ethyl adjacent to an activating group) is 1. The number of carbonyl (C=O) groups excluding carboxylic acids is 2. The average molecular weight is 688 g/mol. The number of Topliss-reactive ketones (excluding diaryl/α,β-unsaturated/α-hetero) is 1. The molecule has 4 heterocycles. The minimum Gasteiger partial charge on any atom is -0.462 e. The highest BCUT2D eigenvalue weighted by Gasteiger charge is 2.57. The summed E-state index contributed by atoms with van der Waals surface area (Å²) >= 11 is 0. The number of ether oxygens (including phenoxy) is 7. The lowest BCUT2D eigenvalue weighted by molar-refractivity contribution is -0.299. The second kappa shape index (κ2) is 16.0. The number of methoxy groups -OCH3 is 1. The molecule has 18 atom stereocenters. The maximum atomic E-state index is 13.9. The number of carbonyl (C=O) groups is 2. The van der Waals surface area contributed by atoms with E-state index in [0.29, 0.717) is 6.42 Å². The highest BCUT2D eigenvalue weighted by atomic mass is 16.7. The Morgan fingerprint density at radius 3 is 2.02 bits per heavy atom. The van der Waals surface area contributed by atoms with Gasteiger partial charge in [-0.1, -0.05) is 27.7 Å². The van der Waals surface area contributed by atoms with Crippen molar-refractivity contribution < 1.29 is 58.1 Å². The van der Waals surface area contributed by atoms with E-state index in [1.54, 1.807) is 34.6 Å². The van der Waals surface area contributed by atoms with Crippen LogP contribution in [0, 0.1) is 29.6 Å². The molecule has 0 aromatic rings. The van der Waals surface area contributed by atoms with Gasteiger partial charge in [-0.2, -0.15) is 0 Å². The van der Waals surface area contributed by atoms with E-state index in [-0.39, 0.29) is 43.3 Å². The van der Waals surface area contributed by atoms with Gasteiger partial charge in [-0.25, -0.2) is 0 Å². The molecule has 4 aliphatic rings. The molecule has 4 rings (SSSR count). The molecule has 13 nitrogen and oxygen atoms in total.